The highest BCUT2D eigenvalue weighted by Crippen LogP contribution is 2.25. The Labute approximate surface area is 109 Å². The number of amides is 1. The van der Waals surface area contributed by atoms with Crippen LogP contribution in [0, 0.1) is 0 Å². The predicted octanol–water partition coefficient (Wildman–Crippen LogP) is 1.38. The van der Waals surface area contributed by atoms with Crippen molar-refractivity contribution in [2.45, 2.75) is 44.8 Å². The molecule has 0 aromatic carbocycles. The maximum Gasteiger partial charge on any atom is 0.410 e. The Kier molecular flexibility index (Phi) is 3.82. The molecule has 2 heterocycles. The molecule has 5 heteroatoms. The highest BCUT2D eigenvalue weighted by molar-refractivity contribution is 5.68. The monoisotopic (exact) mass is 256 g/mol. The highest BCUT2D eigenvalue weighted by Gasteiger charge is 2.39. The van der Waals surface area contributed by atoms with Gasteiger partial charge in [0.2, 0.25) is 0 Å². The van der Waals surface area contributed by atoms with Crippen LogP contribution in [0.2, 0.25) is 0 Å². The van der Waals surface area contributed by atoms with Crippen LogP contribution in [0.25, 0.3) is 0 Å². The first-order chi connectivity index (χ1) is 8.40. The summed E-state index contributed by atoms with van der Waals surface area (Å²) in [6.07, 6.45) is 1.73. The van der Waals surface area contributed by atoms with Crippen LogP contribution in [0.1, 0.15) is 33.6 Å². The van der Waals surface area contributed by atoms with Gasteiger partial charge in [0, 0.05) is 38.4 Å². The predicted molar refractivity (Wildman–Crippen MR) is 68.6 cm³/mol. The molecule has 104 valence electrons. The Morgan fingerprint density at radius 3 is 2.61 bits per heavy atom. The van der Waals surface area contributed by atoms with Crippen molar-refractivity contribution >= 4 is 6.09 Å². The molecule has 0 bridgehead atoms. The minimum absolute atomic E-state index is 0.0351. The van der Waals surface area contributed by atoms with Crippen LogP contribution >= 0.6 is 0 Å². The Hall–Kier alpha value is -0.810. The van der Waals surface area contributed by atoms with E-state index in [4.69, 9.17) is 9.47 Å². The smallest absolute Gasteiger partial charge is 0.410 e. The molecule has 0 aliphatic carbocycles. The third-order valence-corrected chi connectivity index (χ3v) is 3.48. The summed E-state index contributed by atoms with van der Waals surface area (Å²) in [6, 6.07) is 0. The summed E-state index contributed by atoms with van der Waals surface area (Å²) < 4.78 is 10.8. The molecule has 0 aromatic rings. The van der Waals surface area contributed by atoms with E-state index in [1.54, 1.807) is 0 Å². The average molecular weight is 256 g/mol. The number of rotatable bonds is 0. The van der Waals surface area contributed by atoms with E-state index in [1.165, 1.54) is 0 Å². The number of nitrogens with zero attached hydrogens (tertiary/aromatic N) is 1. The molecule has 0 atom stereocenters. The van der Waals surface area contributed by atoms with Crippen LogP contribution in [-0.2, 0) is 9.47 Å². The van der Waals surface area contributed by atoms with Crippen LogP contribution in [0.4, 0.5) is 4.79 Å². The lowest BCUT2D eigenvalue weighted by Crippen LogP contribution is -2.63. The van der Waals surface area contributed by atoms with E-state index in [2.05, 4.69) is 5.32 Å². The largest absolute Gasteiger partial charge is 0.444 e. The van der Waals surface area contributed by atoms with Gasteiger partial charge >= 0.3 is 6.09 Å². The molecule has 2 aliphatic heterocycles. The van der Waals surface area contributed by atoms with E-state index in [9.17, 15) is 4.79 Å². The fraction of sp³-hybridized carbons (Fsp3) is 0.923. The molecule has 0 aromatic heterocycles. The van der Waals surface area contributed by atoms with E-state index in [-0.39, 0.29) is 11.6 Å². The third kappa shape index (κ3) is 3.36. The second-order valence-electron chi connectivity index (χ2n) is 6.22. The maximum atomic E-state index is 12.1. The summed E-state index contributed by atoms with van der Waals surface area (Å²) in [6.45, 7) is 9.53. The average Bonchev–Trinajstić information content (AvgIpc) is 2.28. The summed E-state index contributed by atoms with van der Waals surface area (Å²) >= 11 is 0. The van der Waals surface area contributed by atoms with Crippen molar-refractivity contribution in [3.63, 3.8) is 0 Å². The Morgan fingerprint density at radius 2 is 2.00 bits per heavy atom. The number of piperazine rings is 1. The van der Waals surface area contributed by atoms with Crippen molar-refractivity contribution in [3.05, 3.63) is 0 Å². The zero-order valence-corrected chi connectivity index (χ0v) is 11.6. The van der Waals surface area contributed by atoms with Gasteiger partial charge in [-0.2, -0.15) is 0 Å². The molecule has 5 nitrogen and oxygen atoms in total. The lowest BCUT2D eigenvalue weighted by atomic mass is 9.88. The molecule has 2 fully saturated rings. The minimum atomic E-state index is -0.426. The van der Waals surface area contributed by atoms with Gasteiger partial charge in [-0.1, -0.05) is 0 Å². The number of hydrogen-bond donors (Lipinski definition) is 1. The van der Waals surface area contributed by atoms with Gasteiger partial charge in [-0.15, -0.1) is 0 Å². The van der Waals surface area contributed by atoms with Crippen LogP contribution < -0.4 is 5.32 Å². The maximum absolute atomic E-state index is 12.1. The quantitative estimate of drug-likeness (QED) is 0.711. The SMILES string of the molecule is CC(C)(C)OC(=O)N1CCNC2(CCOCC2)C1. The van der Waals surface area contributed by atoms with Crippen molar-refractivity contribution in [2.24, 2.45) is 0 Å². The molecule has 1 N–H and O–H groups in total. The van der Waals surface area contributed by atoms with E-state index < -0.39 is 5.60 Å². The van der Waals surface area contributed by atoms with E-state index in [0.717, 1.165) is 45.7 Å². The normalized spacial score (nSPS) is 24.1. The molecular weight excluding hydrogens is 232 g/mol. The molecule has 2 aliphatic rings. The molecule has 2 rings (SSSR count). The first kappa shape index (κ1) is 13.6. The van der Waals surface area contributed by atoms with Crippen molar-refractivity contribution in [1.29, 1.82) is 0 Å². The number of carbonyl (C=O) groups excluding carboxylic acids is 1. The van der Waals surface area contributed by atoms with Gasteiger partial charge in [-0.25, -0.2) is 4.79 Å². The Bertz CT molecular complexity index is 300. The fourth-order valence-electron chi connectivity index (χ4n) is 2.54. The Morgan fingerprint density at radius 1 is 1.33 bits per heavy atom. The topological polar surface area (TPSA) is 50.8 Å². The van der Waals surface area contributed by atoms with Crippen molar-refractivity contribution in [1.82, 2.24) is 10.2 Å². The zero-order chi connectivity index (χ0) is 13.2. The molecule has 18 heavy (non-hydrogen) atoms. The molecule has 1 spiro atoms. The Balaban J connectivity index is 1.95. The highest BCUT2D eigenvalue weighted by atomic mass is 16.6. The van der Waals surface area contributed by atoms with Crippen LogP contribution in [-0.4, -0.2) is 55.0 Å². The van der Waals surface area contributed by atoms with Gasteiger partial charge in [-0.05, 0) is 33.6 Å². The summed E-state index contributed by atoms with van der Waals surface area (Å²) in [5, 5.41) is 3.55. The molecule has 1 amide bonds. The lowest BCUT2D eigenvalue weighted by molar-refractivity contribution is -0.0138. The summed E-state index contributed by atoms with van der Waals surface area (Å²) in [4.78, 5) is 13.9. The number of nitrogens with one attached hydrogen (secondary N) is 1. The number of ether oxygens (including phenoxy) is 2. The van der Waals surface area contributed by atoms with Crippen LogP contribution in [0.15, 0.2) is 0 Å². The lowest BCUT2D eigenvalue weighted by Gasteiger charge is -2.45. The van der Waals surface area contributed by atoms with Gasteiger partial charge in [0.15, 0.2) is 0 Å². The number of hydrogen-bond acceptors (Lipinski definition) is 4. The van der Waals surface area contributed by atoms with Gasteiger partial charge in [0.05, 0.1) is 0 Å². The molecule has 0 saturated carbocycles. The number of carbonyl (C=O) groups is 1. The molecule has 2 saturated heterocycles. The standard InChI is InChI=1S/C13H24N2O3/c1-12(2,3)18-11(16)15-7-6-14-13(10-15)4-8-17-9-5-13/h14H,4-10H2,1-3H3. The molecule has 0 radical (unpaired) electrons. The second kappa shape index (κ2) is 5.05. The van der Waals surface area contributed by atoms with E-state index in [0.29, 0.717) is 0 Å². The van der Waals surface area contributed by atoms with Crippen molar-refractivity contribution < 1.29 is 14.3 Å². The molecular formula is C13H24N2O3. The summed E-state index contributed by atoms with van der Waals surface area (Å²) in [5.74, 6) is 0. The van der Waals surface area contributed by atoms with Gasteiger partial charge in [0.25, 0.3) is 0 Å². The minimum Gasteiger partial charge on any atom is -0.444 e. The van der Waals surface area contributed by atoms with Crippen molar-refractivity contribution in [3.8, 4) is 0 Å². The van der Waals surface area contributed by atoms with E-state index >= 15 is 0 Å². The zero-order valence-electron chi connectivity index (χ0n) is 11.6. The third-order valence-electron chi connectivity index (χ3n) is 3.48. The molecule has 0 unspecified atom stereocenters. The van der Waals surface area contributed by atoms with Crippen molar-refractivity contribution in [2.75, 3.05) is 32.8 Å². The first-order valence-corrected chi connectivity index (χ1v) is 6.71. The fourth-order valence-corrected chi connectivity index (χ4v) is 2.54. The summed E-state index contributed by atoms with van der Waals surface area (Å²) in [7, 11) is 0. The first-order valence-electron chi connectivity index (χ1n) is 6.71. The van der Waals surface area contributed by atoms with Gasteiger partial charge in [0.1, 0.15) is 5.60 Å². The summed E-state index contributed by atoms with van der Waals surface area (Å²) in [5.41, 5.74) is -0.391. The van der Waals surface area contributed by atoms with Gasteiger partial charge in [-0.3, -0.25) is 0 Å². The van der Waals surface area contributed by atoms with Gasteiger partial charge < -0.3 is 19.7 Å². The van der Waals surface area contributed by atoms with E-state index in [1.807, 2.05) is 25.7 Å². The second-order valence-corrected chi connectivity index (χ2v) is 6.22. The van der Waals surface area contributed by atoms with Crippen LogP contribution in [0.5, 0.6) is 0 Å². The van der Waals surface area contributed by atoms with Crippen LogP contribution in [0.3, 0.4) is 0 Å².